The van der Waals surface area contributed by atoms with E-state index < -0.39 is 5.60 Å². The Morgan fingerprint density at radius 2 is 1.57 bits per heavy atom. The van der Waals surface area contributed by atoms with Crippen molar-refractivity contribution in [3.05, 3.63) is 71.5 Å². The molecule has 0 heterocycles. The highest BCUT2D eigenvalue weighted by molar-refractivity contribution is 5.22. The van der Waals surface area contributed by atoms with Crippen LogP contribution in [0.2, 0.25) is 0 Å². The molecule has 0 bridgehead atoms. The fourth-order valence-electron chi connectivity index (χ4n) is 3.39. The fourth-order valence-corrected chi connectivity index (χ4v) is 3.39. The lowest BCUT2D eigenvalue weighted by atomic mass is 9.74. The first-order valence-electron chi connectivity index (χ1n) is 7.67. The molecule has 2 aromatic carbocycles. The topological polar surface area (TPSA) is 20.2 Å². The van der Waals surface area contributed by atoms with E-state index in [-0.39, 0.29) is 5.82 Å². The summed E-state index contributed by atoms with van der Waals surface area (Å²) in [6, 6.07) is 17.2. The number of aliphatic hydroxyl groups is 1. The van der Waals surface area contributed by atoms with Crippen molar-refractivity contribution >= 4 is 0 Å². The van der Waals surface area contributed by atoms with Gasteiger partial charge in [-0.1, -0.05) is 48.5 Å². The van der Waals surface area contributed by atoms with Crippen LogP contribution in [0.25, 0.3) is 0 Å². The van der Waals surface area contributed by atoms with Crippen LogP contribution >= 0.6 is 0 Å². The summed E-state index contributed by atoms with van der Waals surface area (Å²) < 4.78 is 13.7. The minimum Gasteiger partial charge on any atom is -0.390 e. The summed E-state index contributed by atoms with van der Waals surface area (Å²) in [5.41, 5.74) is 1.22. The fraction of sp³-hybridized carbons (Fsp3) is 0.368. The van der Waals surface area contributed by atoms with Crippen LogP contribution in [0.4, 0.5) is 4.39 Å². The lowest BCUT2D eigenvalue weighted by Gasteiger charge is -2.36. The Hall–Kier alpha value is -1.67. The van der Waals surface area contributed by atoms with Crippen LogP contribution in [-0.2, 0) is 6.42 Å². The van der Waals surface area contributed by atoms with E-state index in [1.54, 1.807) is 12.1 Å². The zero-order valence-corrected chi connectivity index (χ0v) is 12.1. The second kappa shape index (κ2) is 5.98. The molecule has 3 rings (SSSR count). The second-order valence-electron chi connectivity index (χ2n) is 6.18. The molecule has 0 unspecified atom stereocenters. The van der Waals surface area contributed by atoms with Gasteiger partial charge in [0.2, 0.25) is 0 Å². The summed E-state index contributed by atoms with van der Waals surface area (Å²) in [4.78, 5) is 0. The van der Waals surface area contributed by atoms with Gasteiger partial charge in [0.15, 0.2) is 0 Å². The molecule has 0 saturated heterocycles. The molecule has 1 fully saturated rings. The molecular weight excluding hydrogens is 263 g/mol. The maximum Gasteiger partial charge on any atom is 0.126 e. The average molecular weight is 284 g/mol. The highest BCUT2D eigenvalue weighted by atomic mass is 19.1. The molecule has 2 heteroatoms. The molecule has 1 saturated carbocycles. The van der Waals surface area contributed by atoms with E-state index in [0.29, 0.717) is 17.9 Å². The van der Waals surface area contributed by atoms with Crippen LogP contribution in [0, 0.1) is 5.82 Å². The largest absolute Gasteiger partial charge is 0.390 e. The predicted molar refractivity (Wildman–Crippen MR) is 82.7 cm³/mol. The molecule has 0 aromatic heterocycles. The van der Waals surface area contributed by atoms with Crippen LogP contribution in [0.1, 0.15) is 42.7 Å². The van der Waals surface area contributed by atoms with E-state index in [2.05, 4.69) is 24.3 Å². The number of benzene rings is 2. The normalized spacial score (nSPS) is 25.7. The van der Waals surface area contributed by atoms with Crippen LogP contribution in [0.5, 0.6) is 0 Å². The van der Waals surface area contributed by atoms with Crippen molar-refractivity contribution in [3.63, 3.8) is 0 Å². The van der Waals surface area contributed by atoms with E-state index in [9.17, 15) is 9.50 Å². The first kappa shape index (κ1) is 14.3. The second-order valence-corrected chi connectivity index (χ2v) is 6.18. The van der Waals surface area contributed by atoms with E-state index >= 15 is 0 Å². The molecular formula is C19H21FO. The van der Waals surface area contributed by atoms with E-state index in [1.165, 1.54) is 11.6 Å². The van der Waals surface area contributed by atoms with Crippen molar-refractivity contribution < 1.29 is 9.50 Å². The third-order valence-electron chi connectivity index (χ3n) is 4.66. The maximum absolute atomic E-state index is 13.7. The third-order valence-corrected chi connectivity index (χ3v) is 4.66. The van der Waals surface area contributed by atoms with Gasteiger partial charge in [0.05, 0.1) is 5.60 Å². The van der Waals surface area contributed by atoms with Crippen molar-refractivity contribution in [1.82, 2.24) is 0 Å². The van der Waals surface area contributed by atoms with Crippen molar-refractivity contribution in [2.75, 3.05) is 0 Å². The van der Waals surface area contributed by atoms with Gasteiger partial charge in [-0.05, 0) is 48.8 Å². The lowest BCUT2D eigenvalue weighted by molar-refractivity contribution is -0.00112. The summed E-state index contributed by atoms with van der Waals surface area (Å²) in [5, 5.41) is 10.7. The molecule has 1 aliphatic rings. The zero-order chi connectivity index (χ0) is 14.7. The Balaban J connectivity index is 1.66. The van der Waals surface area contributed by atoms with Gasteiger partial charge >= 0.3 is 0 Å². The molecule has 2 aromatic rings. The molecule has 0 radical (unpaired) electrons. The van der Waals surface area contributed by atoms with Gasteiger partial charge in [-0.2, -0.15) is 0 Å². The summed E-state index contributed by atoms with van der Waals surface area (Å²) in [5.74, 6) is 0.309. The first-order chi connectivity index (χ1) is 10.2. The first-order valence-corrected chi connectivity index (χ1v) is 7.67. The molecule has 1 nitrogen and oxygen atoms in total. The van der Waals surface area contributed by atoms with Gasteiger partial charge in [0.25, 0.3) is 0 Å². The standard InChI is InChI=1S/C19H21FO/c20-18-9-5-4-8-17(18)14-19(21)12-10-16(11-13-19)15-6-2-1-3-7-15/h1-9,16,21H,10-14H2. The number of halogens is 1. The van der Waals surface area contributed by atoms with Gasteiger partial charge in [-0.25, -0.2) is 4.39 Å². The van der Waals surface area contributed by atoms with Gasteiger partial charge in [0, 0.05) is 6.42 Å². The van der Waals surface area contributed by atoms with Gasteiger partial charge in [0.1, 0.15) is 5.82 Å². The molecule has 0 spiro atoms. The summed E-state index contributed by atoms with van der Waals surface area (Å²) in [7, 11) is 0. The highest BCUT2D eigenvalue weighted by Crippen LogP contribution is 2.39. The van der Waals surface area contributed by atoms with Crippen molar-refractivity contribution in [2.24, 2.45) is 0 Å². The molecule has 0 amide bonds. The smallest absolute Gasteiger partial charge is 0.126 e. The highest BCUT2D eigenvalue weighted by Gasteiger charge is 2.34. The van der Waals surface area contributed by atoms with Crippen LogP contribution in [0.3, 0.4) is 0 Å². The summed E-state index contributed by atoms with van der Waals surface area (Å²) in [6.07, 6.45) is 3.83. The summed E-state index contributed by atoms with van der Waals surface area (Å²) in [6.45, 7) is 0. The molecule has 1 aliphatic carbocycles. The van der Waals surface area contributed by atoms with Gasteiger partial charge in [-0.3, -0.25) is 0 Å². The van der Waals surface area contributed by atoms with E-state index in [4.69, 9.17) is 0 Å². The Morgan fingerprint density at radius 3 is 2.24 bits per heavy atom. The Morgan fingerprint density at radius 1 is 0.952 bits per heavy atom. The van der Waals surface area contributed by atoms with Crippen molar-refractivity contribution in [3.8, 4) is 0 Å². The lowest BCUT2D eigenvalue weighted by Crippen LogP contribution is -2.36. The summed E-state index contributed by atoms with van der Waals surface area (Å²) >= 11 is 0. The third kappa shape index (κ3) is 3.33. The minimum absolute atomic E-state index is 0.212. The number of rotatable bonds is 3. The monoisotopic (exact) mass is 284 g/mol. The molecule has 21 heavy (non-hydrogen) atoms. The van der Waals surface area contributed by atoms with E-state index in [0.717, 1.165) is 25.7 Å². The number of hydrogen-bond acceptors (Lipinski definition) is 1. The van der Waals surface area contributed by atoms with Gasteiger partial charge in [-0.15, -0.1) is 0 Å². The zero-order valence-electron chi connectivity index (χ0n) is 12.1. The van der Waals surface area contributed by atoms with Crippen molar-refractivity contribution in [1.29, 1.82) is 0 Å². The molecule has 110 valence electrons. The van der Waals surface area contributed by atoms with E-state index in [1.807, 2.05) is 12.1 Å². The van der Waals surface area contributed by atoms with Crippen LogP contribution < -0.4 is 0 Å². The Kier molecular flexibility index (Phi) is 4.07. The maximum atomic E-state index is 13.7. The number of hydrogen-bond donors (Lipinski definition) is 1. The van der Waals surface area contributed by atoms with Crippen molar-refractivity contribution in [2.45, 2.75) is 43.6 Å². The van der Waals surface area contributed by atoms with Crippen LogP contribution in [0.15, 0.2) is 54.6 Å². The predicted octanol–water partition coefficient (Wildman–Crippen LogP) is 4.46. The Bertz CT molecular complexity index is 586. The molecule has 1 N–H and O–H groups in total. The minimum atomic E-state index is -0.756. The van der Waals surface area contributed by atoms with Crippen LogP contribution in [-0.4, -0.2) is 10.7 Å². The van der Waals surface area contributed by atoms with Gasteiger partial charge < -0.3 is 5.11 Å². The Labute approximate surface area is 125 Å². The SMILES string of the molecule is OC1(Cc2ccccc2F)CCC(c2ccccc2)CC1. The molecule has 0 aliphatic heterocycles. The molecule has 0 atom stereocenters. The average Bonchev–Trinajstić information content (AvgIpc) is 2.51. The quantitative estimate of drug-likeness (QED) is 0.882.